The zero-order chi connectivity index (χ0) is 27.6. The van der Waals surface area contributed by atoms with Crippen molar-refractivity contribution in [2.45, 2.75) is 18.3 Å². The molecule has 0 aromatic heterocycles. The Bertz CT molecular complexity index is 1290. The van der Waals surface area contributed by atoms with E-state index in [0.717, 1.165) is 23.1 Å². The second kappa shape index (κ2) is 10.4. The molecule has 1 aliphatic carbocycles. The fourth-order valence-electron chi connectivity index (χ4n) is 4.11. The number of nitrogens with zero attached hydrogens (tertiary/aromatic N) is 1. The highest BCUT2D eigenvalue weighted by molar-refractivity contribution is 7.80. The number of benzene rings is 2. The zero-order valence-electron chi connectivity index (χ0n) is 19.8. The zero-order valence-corrected chi connectivity index (χ0v) is 20.6. The Balaban J connectivity index is 2.06. The molecule has 2 atom stereocenters. The lowest BCUT2D eigenvalue weighted by Crippen LogP contribution is -2.68. The molecule has 0 fully saturated rings. The van der Waals surface area contributed by atoms with Crippen LogP contribution in [0.1, 0.15) is 15.9 Å². The minimum absolute atomic E-state index is 0.0741. The lowest BCUT2D eigenvalue weighted by Gasteiger charge is -2.49. The van der Waals surface area contributed by atoms with E-state index in [4.69, 9.17) is 18.0 Å². The number of alkyl halides is 3. The number of allylic oxidation sites excluding steroid dienone is 2. The standard InChI is InChI=1S/C25H24F4N4O3S/c1-33(2)24(36)12-11-15(14-23(24,25(27,28)29)21(37)32-22(30)35)13-16-7-3-6-10-19(16)31-20(34)17-8-4-5-9-18(17)26/h3-12,14,36H,13H2,1-2H3,(H,31,34)(H3,30,32,35,37). The molecule has 0 spiro atoms. The quantitative estimate of drug-likeness (QED) is 0.255. The predicted molar refractivity (Wildman–Crippen MR) is 134 cm³/mol. The van der Waals surface area contributed by atoms with E-state index in [-0.39, 0.29) is 23.2 Å². The first kappa shape index (κ1) is 28.0. The van der Waals surface area contributed by atoms with Crippen molar-refractivity contribution in [2.75, 3.05) is 19.4 Å². The average Bonchev–Trinajstić information content (AvgIpc) is 2.80. The fraction of sp³-hybridized carbons (Fsp3) is 0.240. The van der Waals surface area contributed by atoms with Gasteiger partial charge in [-0.15, -0.1) is 0 Å². The maximum absolute atomic E-state index is 14.7. The second-order valence-corrected chi connectivity index (χ2v) is 8.97. The van der Waals surface area contributed by atoms with Crippen LogP contribution in [0.2, 0.25) is 0 Å². The number of likely N-dealkylation sites (N-methyl/N-ethyl adjacent to an activating group) is 1. The monoisotopic (exact) mass is 536 g/mol. The van der Waals surface area contributed by atoms with Crippen LogP contribution in [0.15, 0.2) is 72.3 Å². The molecule has 37 heavy (non-hydrogen) atoms. The number of carbonyl (C=O) groups is 2. The number of hydrogen-bond donors (Lipinski definition) is 4. The molecule has 5 N–H and O–H groups in total. The summed E-state index contributed by atoms with van der Waals surface area (Å²) in [6.07, 6.45) is -2.33. The summed E-state index contributed by atoms with van der Waals surface area (Å²) in [5.74, 6) is -1.47. The molecule has 7 nitrogen and oxygen atoms in total. The van der Waals surface area contributed by atoms with Crippen molar-refractivity contribution in [1.82, 2.24) is 10.2 Å². The number of urea groups is 1. The van der Waals surface area contributed by atoms with Crippen LogP contribution in [-0.2, 0) is 6.42 Å². The van der Waals surface area contributed by atoms with Gasteiger partial charge in [0.1, 0.15) is 10.8 Å². The van der Waals surface area contributed by atoms with Gasteiger partial charge in [0.05, 0.1) is 5.56 Å². The number of hydrogen-bond acceptors (Lipinski definition) is 5. The third kappa shape index (κ3) is 5.26. The molecule has 0 saturated heterocycles. The molecule has 196 valence electrons. The molecule has 2 aromatic carbocycles. The third-order valence-electron chi connectivity index (χ3n) is 6.01. The van der Waals surface area contributed by atoms with Crippen LogP contribution in [0.3, 0.4) is 0 Å². The van der Waals surface area contributed by atoms with Gasteiger partial charge in [0.15, 0.2) is 11.1 Å². The van der Waals surface area contributed by atoms with Crippen LogP contribution in [0.4, 0.5) is 28.0 Å². The van der Waals surface area contributed by atoms with E-state index in [9.17, 15) is 32.3 Å². The summed E-state index contributed by atoms with van der Waals surface area (Å²) in [6, 6.07) is 10.3. The lowest BCUT2D eigenvalue weighted by atomic mass is 9.70. The molecule has 0 bridgehead atoms. The summed E-state index contributed by atoms with van der Waals surface area (Å²) in [7, 11) is 2.45. The number of carbonyl (C=O) groups excluding carboxylic acids is 2. The third-order valence-corrected chi connectivity index (χ3v) is 6.44. The number of aliphatic hydroxyl groups is 1. The number of thiocarbonyl (C=S) groups is 1. The molecule has 0 aliphatic heterocycles. The number of anilines is 1. The largest absolute Gasteiger partial charge is 0.408 e. The predicted octanol–water partition coefficient (Wildman–Crippen LogP) is 3.91. The van der Waals surface area contributed by atoms with Crippen molar-refractivity contribution in [3.05, 3.63) is 89.3 Å². The van der Waals surface area contributed by atoms with Crippen LogP contribution in [0, 0.1) is 11.2 Å². The van der Waals surface area contributed by atoms with Gasteiger partial charge in [-0.05, 0) is 55.9 Å². The van der Waals surface area contributed by atoms with E-state index in [0.29, 0.717) is 5.56 Å². The molecule has 2 unspecified atom stereocenters. The summed E-state index contributed by atoms with van der Waals surface area (Å²) >= 11 is 4.96. The number of halogens is 4. The maximum Gasteiger partial charge on any atom is 0.408 e. The van der Waals surface area contributed by atoms with E-state index in [1.807, 2.05) is 5.32 Å². The van der Waals surface area contributed by atoms with Crippen LogP contribution < -0.4 is 16.4 Å². The number of primary amides is 1. The summed E-state index contributed by atoms with van der Waals surface area (Å²) < 4.78 is 58.2. The Hall–Kier alpha value is -3.61. The first-order valence-electron chi connectivity index (χ1n) is 10.8. The van der Waals surface area contributed by atoms with Crippen molar-refractivity contribution in [2.24, 2.45) is 11.1 Å². The molecule has 3 amide bonds. The van der Waals surface area contributed by atoms with Crippen LogP contribution in [0.25, 0.3) is 0 Å². The summed E-state index contributed by atoms with van der Waals surface area (Å²) in [5.41, 5.74) is -0.384. The molecule has 12 heteroatoms. The number of nitrogens with two attached hydrogens (primary N) is 1. The maximum atomic E-state index is 14.7. The van der Waals surface area contributed by atoms with Gasteiger partial charge in [-0.1, -0.05) is 54.7 Å². The van der Waals surface area contributed by atoms with Crippen molar-refractivity contribution >= 4 is 34.8 Å². The van der Waals surface area contributed by atoms with E-state index >= 15 is 0 Å². The van der Waals surface area contributed by atoms with Gasteiger partial charge in [-0.2, -0.15) is 13.2 Å². The summed E-state index contributed by atoms with van der Waals surface area (Å²) in [6.45, 7) is 0. The molecule has 0 saturated carbocycles. The number of para-hydroxylation sites is 1. The van der Waals surface area contributed by atoms with Gasteiger partial charge in [0.25, 0.3) is 5.91 Å². The highest BCUT2D eigenvalue weighted by Crippen LogP contribution is 2.52. The normalized spacial score (nSPS) is 21.4. The lowest BCUT2D eigenvalue weighted by molar-refractivity contribution is -0.253. The van der Waals surface area contributed by atoms with Crippen LogP contribution in [-0.4, -0.2) is 52.9 Å². The number of rotatable bonds is 6. The summed E-state index contributed by atoms with van der Waals surface area (Å²) in [5, 5.41) is 15.6. The number of amides is 3. The Kier molecular flexibility index (Phi) is 7.86. The van der Waals surface area contributed by atoms with Gasteiger partial charge < -0.3 is 21.5 Å². The topological polar surface area (TPSA) is 108 Å². The van der Waals surface area contributed by atoms with E-state index in [2.05, 4.69) is 5.32 Å². The summed E-state index contributed by atoms with van der Waals surface area (Å²) in [4.78, 5) is 23.9. The van der Waals surface area contributed by atoms with Gasteiger partial charge >= 0.3 is 12.2 Å². The van der Waals surface area contributed by atoms with Crippen molar-refractivity contribution < 1.29 is 32.3 Å². The molecule has 1 aliphatic rings. The molecular formula is C25H24F4N4O3S. The van der Waals surface area contributed by atoms with Crippen molar-refractivity contribution in [3.8, 4) is 0 Å². The second-order valence-electron chi connectivity index (χ2n) is 8.57. The minimum atomic E-state index is -5.17. The SMILES string of the molecule is CN(C)C1(O)C=CC(Cc2ccccc2NC(=O)c2ccccc2F)=CC1(C(=S)NC(N)=O)C(F)(F)F. The highest BCUT2D eigenvalue weighted by atomic mass is 32.1. The molecule has 0 heterocycles. The van der Waals surface area contributed by atoms with Crippen molar-refractivity contribution in [1.29, 1.82) is 0 Å². The van der Waals surface area contributed by atoms with Gasteiger partial charge in [-0.25, -0.2) is 9.18 Å². The van der Waals surface area contributed by atoms with Crippen LogP contribution >= 0.6 is 12.2 Å². The highest BCUT2D eigenvalue weighted by Gasteiger charge is 2.69. The van der Waals surface area contributed by atoms with E-state index in [1.165, 1.54) is 44.4 Å². The van der Waals surface area contributed by atoms with Gasteiger partial charge in [-0.3, -0.25) is 9.69 Å². The van der Waals surface area contributed by atoms with Gasteiger partial charge in [0, 0.05) is 5.69 Å². The molecule has 0 radical (unpaired) electrons. The van der Waals surface area contributed by atoms with E-state index < -0.39 is 40.1 Å². The first-order valence-corrected chi connectivity index (χ1v) is 11.3. The minimum Gasteiger partial charge on any atom is -0.370 e. The Morgan fingerprint density at radius 1 is 1.11 bits per heavy atom. The average molecular weight is 537 g/mol. The Labute approximate surface area is 215 Å². The van der Waals surface area contributed by atoms with E-state index in [1.54, 1.807) is 18.2 Å². The Morgan fingerprint density at radius 3 is 2.32 bits per heavy atom. The molecule has 3 rings (SSSR count). The van der Waals surface area contributed by atoms with Crippen molar-refractivity contribution in [3.63, 3.8) is 0 Å². The van der Waals surface area contributed by atoms with Crippen LogP contribution in [0.5, 0.6) is 0 Å². The first-order chi connectivity index (χ1) is 17.2. The number of nitrogens with one attached hydrogen (secondary N) is 2. The Morgan fingerprint density at radius 2 is 1.73 bits per heavy atom. The fourth-order valence-corrected chi connectivity index (χ4v) is 4.54. The molecule has 2 aromatic rings. The molecular weight excluding hydrogens is 512 g/mol. The smallest absolute Gasteiger partial charge is 0.370 e. The van der Waals surface area contributed by atoms with Gasteiger partial charge in [0.2, 0.25) is 0 Å².